The number of para-hydroxylation sites is 1. The summed E-state index contributed by atoms with van der Waals surface area (Å²) >= 11 is 0. The van der Waals surface area contributed by atoms with Crippen LogP contribution in [0.25, 0.3) is 0 Å². The molecule has 36 heavy (non-hydrogen) atoms. The highest BCUT2D eigenvalue weighted by molar-refractivity contribution is 6.12. The Kier molecular flexibility index (Phi) is 8.08. The number of hydrogen-bond acceptors (Lipinski definition) is 4. The lowest BCUT2D eigenvalue weighted by molar-refractivity contribution is -0.137. The zero-order valence-electron chi connectivity index (χ0n) is 19.6. The zero-order chi connectivity index (χ0) is 25.3. The molecule has 0 aliphatic carbocycles. The summed E-state index contributed by atoms with van der Waals surface area (Å²) < 4.78 is 19.0. The van der Waals surface area contributed by atoms with Crippen molar-refractivity contribution in [2.45, 2.75) is 18.9 Å². The van der Waals surface area contributed by atoms with E-state index >= 15 is 0 Å². The molecule has 182 valence electrons. The van der Waals surface area contributed by atoms with E-state index in [1.54, 1.807) is 66.7 Å². The lowest BCUT2D eigenvalue weighted by atomic mass is 10.00. The van der Waals surface area contributed by atoms with E-state index in [4.69, 9.17) is 4.74 Å². The van der Waals surface area contributed by atoms with E-state index in [0.29, 0.717) is 35.6 Å². The van der Waals surface area contributed by atoms with Crippen LogP contribution in [0, 0.1) is 5.82 Å². The number of ketones is 1. The summed E-state index contributed by atoms with van der Waals surface area (Å²) in [6, 6.07) is 28.5. The molecule has 0 radical (unpaired) electrons. The fourth-order valence-corrected chi connectivity index (χ4v) is 3.88. The van der Waals surface area contributed by atoms with Crippen molar-refractivity contribution in [1.82, 2.24) is 0 Å². The summed E-state index contributed by atoms with van der Waals surface area (Å²) in [4.78, 5) is 25.0. The van der Waals surface area contributed by atoms with E-state index in [1.807, 2.05) is 24.3 Å². The van der Waals surface area contributed by atoms with Gasteiger partial charge in [0.05, 0.1) is 6.61 Å². The van der Waals surface area contributed by atoms with Crippen LogP contribution in [0.4, 0.5) is 10.1 Å². The molecule has 0 aromatic heterocycles. The minimum absolute atomic E-state index is 0.178. The highest BCUT2D eigenvalue weighted by Crippen LogP contribution is 2.22. The third-order valence-electron chi connectivity index (χ3n) is 5.75. The molecule has 0 bridgehead atoms. The molecule has 4 rings (SSSR count). The molecule has 0 unspecified atom stereocenters. The van der Waals surface area contributed by atoms with Crippen molar-refractivity contribution in [1.29, 1.82) is 0 Å². The molecule has 0 aliphatic heterocycles. The molecule has 0 heterocycles. The molecular weight excluding hydrogens is 457 g/mol. The largest absolute Gasteiger partial charge is 0.493 e. The topological polar surface area (TPSA) is 75.6 Å². The zero-order valence-corrected chi connectivity index (χ0v) is 19.6. The number of aliphatic carboxylic acids is 1. The smallest absolute Gasteiger partial charge is 0.326 e. The lowest BCUT2D eigenvalue weighted by Gasteiger charge is -2.18. The highest BCUT2D eigenvalue weighted by atomic mass is 19.1. The van der Waals surface area contributed by atoms with Gasteiger partial charge < -0.3 is 15.2 Å². The maximum Gasteiger partial charge on any atom is 0.326 e. The van der Waals surface area contributed by atoms with Crippen LogP contribution in [0.15, 0.2) is 103 Å². The molecule has 0 spiro atoms. The van der Waals surface area contributed by atoms with E-state index in [2.05, 4.69) is 5.32 Å². The van der Waals surface area contributed by atoms with Crippen molar-refractivity contribution >= 4 is 17.4 Å². The second kappa shape index (κ2) is 11.8. The van der Waals surface area contributed by atoms with Crippen molar-refractivity contribution < 1.29 is 23.8 Å². The first-order chi connectivity index (χ1) is 17.5. The van der Waals surface area contributed by atoms with Gasteiger partial charge in [0.25, 0.3) is 0 Å². The minimum atomic E-state index is -1.02. The Morgan fingerprint density at radius 1 is 0.833 bits per heavy atom. The predicted molar refractivity (Wildman–Crippen MR) is 137 cm³/mol. The fourth-order valence-electron chi connectivity index (χ4n) is 3.88. The van der Waals surface area contributed by atoms with Crippen molar-refractivity contribution in [2.24, 2.45) is 0 Å². The van der Waals surface area contributed by atoms with Gasteiger partial charge >= 0.3 is 5.97 Å². The number of rotatable bonds is 11. The van der Waals surface area contributed by atoms with E-state index < -0.39 is 12.0 Å². The molecule has 0 fully saturated rings. The second-order valence-corrected chi connectivity index (χ2v) is 8.35. The van der Waals surface area contributed by atoms with Gasteiger partial charge in [-0.15, -0.1) is 0 Å². The highest BCUT2D eigenvalue weighted by Gasteiger charge is 2.21. The molecule has 6 heteroatoms. The van der Waals surface area contributed by atoms with Gasteiger partial charge in [-0.1, -0.05) is 66.7 Å². The van der Waals surface area contributed by atoms with Crippen LogP contribution in [0.5, 0.6) is 5.75 Å². The molecule has 5 nitrogen and oxygen atoms in total. The van der Waals surface area contributed by atoms with Gasteiger partial charge in [0.2, 0.25) is 0 Å². The molecule has 2 N–H and O–H groups in total. The maximum absolute atomic E-state index is 13.3. The minimum Gasteiger partial charge on any atom is -0.493 e. The maximum atomic E-state index is 13.3. The van der Waals surface area contributed by atoms with Gasteiger partial charge in [-0.25, -0.2) is 9.18 Å². The van der Waals surface area contributed by atoms with Crippen LogP contribution in [0.3, 0.4) is 0 Å². The van der Waals surface area contributed by atoms with Crippen LogP contribution in [0.2, 0.25) is 0 Å². The Labute approximate surface area is 209 Å². The number of ether oxygens (including phenoxy) is 1. The van der Waals surface area contributed by atoms with Gasteiger partial charge in [0, 0.05) is 29.7 Å². The molecule has 1 atom stereocenters. The molecule has 4 aromatic rings. The summed E-state index contributed by atoms with van der Waals surface area (Å²) in [5, 5.41) is 12.9. The Balaban J connectivity index is 1.39. The summed E-state index contributed by atoms with van der Waals surface area (Å²) in [5.41, 5.74) is 3.08. The van der Waals surface area contributed by atoms with Gasteiger partial charge in [-0.3, -0.25) is 4.79 Å². The number of halogens is 1. The first kappa shape index (κ1) is 24.7. The number of anilines is 1. The van der Waals surface area contributed by atoms with Crippen molar-refractivity contribution in [3.63, 3.8) is 0 Å². The Bertz CT molecular complexity index is 1320. The van der Waals surface area contributed by atoms with Gasteiger partial charge in [0.1, 0.15) is 17.6 Å². The lowest BCUT2D eigenvalue weighted by Crippen LogP contribution is -2.32. The third-order valence-corrected chi connectivity index (χ3v) is 5.75. The van der Waals surface area contributed by atoms with Gasteiger partial charge in [-0.05, 0) is 47.5 Å². The predicted octanol–water partition coefficient (Wildman–Crippen LogP) is 5.79. The van der Waals surface area contributed by atoms with Crippen LogP contribution in [0.1, 0.15) is 27.0 Å². The molecule has 0 aliphatic rings. The number of carboxylic acid groups (broad SMARTS) is 1. The van der Waals surface area contributed by atoms with Crippen LogP contribution < -0.4 is 10.1 Å². The SMILES string of the molecule is O=C(c1ccccc1)c1ccccc1N[C@@H](Cc1ccc(OCCc2cccc(F)c2)cc1)C(=O)O. The van der Waals surface area contributed by atoms with Crippen molar-refractivity contribution in [3.05, 3.63) is 131 Å². The van der Waals surface area contributed by atoms with Crippen molar-refractivity contribution in [2.75, 3.05) is 11.9 Å². The molecule has 0 saturated carbocycles. The normalized spacial score (nSPS) is 11.5. The Morgan fingerprint density at radius 2 is 1.56 bits per heavy atom. The Morgan fingerprint density at radius 3 is 2.28 bits per heavy atom. The third kappa shape index (κ3) is 6.57. The van der Waals surface area contributed by atoms with E-state index in [1.165, 1.54) is 12.1 Å². The summed E-state index contributed by atoms with van der Waals surface area (Å²) in [5.74, 6) is -0.825. The molecule has 4 aromatic carbocycles. The first-order valence-corrected chi connectivity index (χ1v) is 11.6. The van der Waals surface area contributed by atoms with E-state index in [9.17, 15) is 19.1 Å². The average Bonchev–Trinajstić information content (AvgIpc) is 2.90. The van der Waals surface area contributed by atoms with E-state index in [0.717, 1.165) is 11.1 Å². The summed E-state index contributed by atoms with van der Waals surface area (Å²) in [6.45, 7) is 0.397. The molecule has 0 saturated heterocycles. The number of nitrogens with one attached hydrogen (secondary N) is 1. The second-order valence-electron chi connectivity index (χ2n) is 8.35. The molecular formula is C30H26FNO4. The number of carbonyl (C=O) groups excluding carboxylic acids is 1. The number of carbonyl (C=O) groups is 2. The van der Waals surface area contributed by atoms with E-state index in [-0.39, 0.29) is 18.0 Å². The quantitative estimate of drug-likeness (QED) is 0.264. The summed E-state index contributed by atoms with van der Waals surface area (Å²) in [6.07, 6.45) is 0.790. The number of hydrogen-bond donors (Lipinski definition) is 2. The Hall–Kier alpha value is -4.45. The average molecular weight is 484 g/mol. The number of carboxylic acids is 1. The van der Waals surface area contributed by atoms with Crippen LogP contribution >= 0.6 is 0 Å². The van der Waals surface area contributed by atoms with Crippen molar-refractivity contribution in [3.8, 4) is 5.75 Å². The molecule has 0 amide bonds. The number of benzene rings is 4. The van der Waals surface area contributed by atoms with Gasteiger partial charge in [0.15, 0.2) is 5.78 Å². The first-order valence-electron chi connectivity index (χ1n) is 11.6. The monoisotopic (exact) mass is 483 g/mol. The summed E-state index contributed by atoms with van der Waals surface area (Å²) in [7, 11) is 0. The fraction of sp³-hybridized carbons (Fsp3) is 0.133. The van der Waals surface area contributed by atoms with Crippen LogP contribution in [-0.2, 0) is 17.6 Å². The van der Waals surface area contributed by atoms with Crippen LogP contribution in [-0.4, -0.2) is 29.5 Å². The standard InChI is InChI=1S/C30H26FNO4/c31-24-10-6-7-21(19-24)17-18-36-25-15-13-22(14-16-25)20-28(30(34)35)32-27-12-5-4-11-26(27)29(33)23-8-2-1-3-9-23/h1-16,19,28,32H,17-18,20H2,(H,34,35)/t28-/m0/s1. The van der Waals surface area contributed by atoms with Gasteiger partial charge in [-0.2, -0.15) is 0 Å².